The Bertz CT molecular complexity index is 568. The Morgan fingerprint density at radius 3 is 2.62 bits per heavy atom. The molecular weight excluding hydrogens is 302 g/mol. The van der Waals surface area contributed by atoms with Crippen LogP contribution >= 0.6 is 0 Å². The number of ether oxygens (including phenoxy) is 1. The zero-order chi connectivity index (χ0) is 17.9. The molecule has 0 saturated heterocycles. The quantitative estimate of drug-likeness (QED) is 0.868. The second kappa shape index (κ2) is 7.53. The third kappa shape index (κ3) is 4.95. The number of rotatable bonds is 5. The van der Waals surface area contributed by atoms with E-state index in [0.29, 0.717) is 18.5 Å². The Kier molecular flexibility index (Phi) is 5.88. The molecule has 134 valence electrons. The SMILES string of the molecule is CC(CNC1CC(N)c2ccccc21)CN(C)C(=O)OC(C)(C)C. The summed E-state index contributed by atoms with van der Waals surface area (Å²) >= 11 is 0. The maximum Gasteiger partial charge on any atom is 0.410 e. The number of hydrogen-bond donors (Lipinski definition) is 2. The van der Waals surface area contributed by atoms with Crippen LogP contribution in [0.15, 0.2) is 24.3 Å². The van der Waals surface area contributed by atoms with E-state index < -0.39 is 5.60 Å². The normalized spacial score (nSPS) is 21.2. The van der Waals surface area contributed by atoms with E-state index in [0.717, 1.165) is 13.0 Å². The van der Waals surface area contributed by atoms with Crippen LogP contribution in [-0.2, 0) is 4.74 Å². The summed E-state index contributed by atoms with van der Waals surface area (Å²) in [6.45, 7) is 9.26. The van der Waals surface area contributed by atoms with Crippen LogP contribution in [0.4, 0.5) is 4.79 Å². The Morgan fingerprint density at radius 1 is 1.38 bits per heavy atom. The summed E-state index contributed by atoms with van der Waals surface area (Å²) in [5.74, 6) is 0.325. The van der Waals surface area contributed by atoms with Gasteiger partial charge in [-0.3, -0.25) is 0 Å². The summed E-state index contributed by atoms with van der Waals surface area (Å²) in [4.78, 5) is 13.7. The van der Waals surface area contributed by atoms with Crippen LogP contribution in [-0.4, -0.2) is 36.7 Å². The summed E-state index contributed by atoms with van der Waals surface area (Å²) in [6, 6.07) is 8.77. The summed E-state index contributed by atoms with van der Waals surface area (Å²) in [5.41, 5.74) is 8.30. The van der Waals surface area contributed by atoms with Crippen LogP contribution in [0, 0.1) is 5.92 Å². The van der Waals surface area contributed by atoms with E-state index in [1.165, 1.54) is 11.1 Å². The van der Waals surface area contributed by atoms with Crippen molar-refractivity contribution in [2.45, 2.75) is 51.8 Å². The average Bonchev–Trinajstić information content (AvgIpc) is 2.80. The fourth-order valence-electron chi connectivity index (χ4n) is 3.16. The third-order valence-electron chi connectivity index (χ3n) is 4.26. The summed E-state index contributed by atoms with van der Waals surface area (Å²) in [6.07, 6.45) is 0.649. The highest BCUT2D eigenvalue weighted by molar-refractivity contribution is 5.67. The van der Waals surface area contributed by atoms with Crippen LogP contribution in [0.1, 0.15) is 57.3 Å². The first kappa shape index (κ1) is 18.7. The smallest absolute Gasteiger partial charge is 0.410 e. The summed E-state index contributed by atoms with van der Waals surface area (Å²) in [5, 5.41) is 3.60. The van der Waals surface area contributed by atoms with Gasteiger partial charge in [0, 0.05) is 25.7 Å². The van der Waals surface area contributed by atoms with Crippen molar-refractivity contribution in [2.75, 3.05) is 20.1 Å². The van der Waals surface area contributed by atoms with Gasteiger partial charge in [-0.2, -0.15) is 0 Å². The Balaban J connectivity index is 1.82. The van der Waals surface area contributed by atoms with Crippen molar-refractivity contribution in [2.24, 2.45) is 11.7 Å². The standard InChI is InChI=1S/C19H31N3O2/c1-13(12-22(5)18(23)24-19(2,3)4)11-21-17-10-16(20)14-8-6-7-9-15(14)17/h6-9,13,16-17,21H,10-12,20H2,1-5H3. The van der Waals surface area contributed by atoms with E-state index in [4.69, 9.17) is 10.5 Å². The van der Waals surface area contributed by atoms with Gasteiger partial charge in [-0.25, -0.2) is 4.79 Å². The maximum atomic E-state index is 12.0. The second-order valence-electron chi connectivity index (χ2n) is 7.90. The van der Waals surface area contributed by atoms with Gasteiger partial charge in [-0.15, -0.1) is 0 Å². The van der Waals surface area contributed by atoms with Crippen molar-refractivity contribution in [3.63, 3.8) is 0 Å². The molecule has 0 fully saturated rings. The molecule has 0 heterocycles. The van der Waals surface area contributed by atoms with Crippen molar-refractivity contribution >= 4 is 6.09 Å². The van der Waals surface area contributed by atoms with Crippen molar-refractivity contribution in [3.8, 4) is 0 Å². The number of hydrogen-bond acceptors (Lipinski definition) is 4. The van der Waals surface area contributed by atoms with Gasteiger partial charge < -0.3 is 20.7 Å². The van der Waals surface area contributed by atoms with Crippen molar-refractivity contribution in [1.82, 2.24) is 10.2 Å². The predicted octanol–water partition coefficient (Wildman–Crippen LogP) is 3.22. The molecule has 3 unspecified atom stereocenters. The van der Waals surface area contributed by atoms with E-state index in [1.54, 1.807) is 11.9 Å². The minimum absolute atomic E-state index is 0.110. The molecule has 1 aliphatic carbocycles. The van der Waals surface area contributed by atoms with Crippen LogP contribution in [0.25, 0.3) is 0 Å². The molecule has 0 aliphatic heterocycles. The lowest BCUT2D eigenvalue weighted by Gasteiger charge is -2.27. The zero-order valence-electron chi connectivity index (χ0n) is 15.5. The van der Waals surface area contributed by atoms with Crippen molar-refractivity contribution in [1.29, 1.82) is 0 Å². The van der Waals surface area contributed by atoms with Crippen LogP contribution in [0.3, 0.4) is 0 Å². The van der Waals surface area contributed by atoms with Crippen LogP contribution in [0.5, 0.6) is 0 Å². The lowest BCUT2D eigenvalue weighted by atomic mass is 10.1. The first-order valence-electron chi connectivity index (χ1n) is 8.69. The molecule has 5 nitrogen and oxygen atoms in total. The number of nitrogens with one attached hydrogen (secondary N) is 1. The van der Waals surface area contributed by atoms with Gasteiger partial charge in [0.15, 0.2) is 0 Å². The average molecular weight is 333 g/mol. The van der Waals surface area contributed by atoms with Gasteiger partial charge in [0.05, 0.1) is 0 Å². The number of carbonyl (C=O) groups excluding carboxylic acids is 1. The molecule has 0 aromatic heterocycles. The number of amides is 1. The highest BCUT2D eigenvalue weighted by Gasteiger charge is 2.28. The molecule has 0 bridgehead atoms. The van der Waals surface area contributed by atoms with Crippen molar-refractivity contribution in [3.05, 3.63) is 35.4 Å². The molecule has 1 amide bonds. The van der Waals surface area contributed by atoms with Gasteiger partial charge in [-0.1, -0.05) is 31.2 Å². The first-order chi connectivity index (χ1) is 11.2. The van der Waals surface area contributed by atoms with Gasteiger partial charge in [0.2, 0.25) is 0 Å². The minimum atomic E-state index is -0.462. The summed E-state index contributed by atoms with van der Waals surface area (Å²) in [7, 11) is 1.78. The lowest BCUT2D eigenvalue weighted by molar-refractivity contribution is 0.0276. The molecule has 5 heteroatoms. The Labute approximate surface area is 145 Å². The minimum Gasteiger partial charge on any atom is -0.444 e. The molecule has 1 aromatic carbocycles. The molecular formula is C19H31N3O2. The van der Waals surface area contributed by atoms with E-state index in [-0.39, 0.29) is 12.1 Å². The molecule has 0 radical (unpaired) electrons. The maximum absolute atomic E-state index is 12.0. The lowest BCUT2D eigenvalue weighted by Crippen LogP contribution is -2.38. The van der Waals surface area contributed by atoms with Crippen LogP contribution < -0.4 is 11.1 Å². The molecule has 1 aliphatic rings. The number of fused-ring (bicyclic) bond motifs is 1. The van der Waals surface area contributed by atoms with Gasteiger partial charge >= 0.3 is 6.09 Å². The molecule has 0 saturated carbocycles. The van der Waals surface area contributed by atoms with Crippen molar-refractivity contribution < 1.29 is 9.53 Å². The van der Waals surface area contributed by atoms with Crippen LogP contribution in [0.2, 0.25) is 0 Å². The largest absolute Gasteiger partial charge is 0.444 e. The second-order valence-corrected chi connectivity index (χ2v) is 7.90. The molecule has 3 atom stereocenters. The number of nitrogens with two attached hydrogens (primary N) is 1. The number of carbonyl (C=O) groups is 1. The topological polar surface area (TPSA) is 67.6 Å². The van der Waals surface area contributed by atoms with Gasteiger partial charge in [0.1, 0.15) is 5.60 Å². The molecule has 3 N–H and O–H groups in total. The molecule has 1 aromatic rings. The predicted molar refractivity (Wildman–Crippen MR) is 96.8 cm³/mol. The number of nitrogens with zero attached hydrogens (tertiary/aromatic N) is 1. The molecule has 0 spiro atoms. The van der Waals surface area contributed by atoms with Gasteiger partial charge in [0.25, 0.3) is 0 Å². The van der Waals surface area contributed by atoms with Gasteiger partial charge in [-0.05, 0) is 50.8 Å². The first-order valence-corrected chi connectivity index (χ1v) is 8.69. The van der Waals surface area contributed by atoms with E-state index in [2.05, 4.69) is 30.4 Å². The molecule has 24 heavy (non-hydrogen) atoms. The Morgan fingerprint density at radius 2 is 2.00 bits per heavy atom. The highest BCUT2D eigenvalue weighted by Crippen LogP contribution is 2.36. The fraction of sp³-hybridized carbons (Fsp3) is 0.632. The monoisotopic (exact) mass is 333 g/mol. The highest BCUT2D eigenvalue weighted by atomic mass is 16.6. The van der Waals surface area contributed by atoms with E-state index >= 15 is 0 Å². The number of benzene rings is 1. The third-order valence-corrected chi connectivity index (χ3v) is 4.26. The van der Waals surface area contributed by atoms with E-state index in [1.807, 2.05) is 26.8 Å². The fourth-order valence-corrected chi connectivity index (χ4v) is 3.16. The summed E-state index contributed by atoms with van der Waals surface area (Å²) < 4.78 is 5.39. The molecule has 2 rings (SSSR count). The van der Waals surface area contributed by atoms with E-state index in [9.17, 15) is 4.79 Å². The zero-order valence-corrected chi connectivity index (χ0v) is 15.5. The Hall–Kier alpha value is -1.59.